The zero-order valence-electron chi connectivity index (χ0n) is 7.25. The van der Waals surface area contributed by atoms with Gasteiger partial charge in [-0.25, -0.2) is 8.42 Å². The molecule has 0 aromatic carbocycles. The maximum Gasteiger partial charge on any atom is 0.450 e. The molecule has 0 aliphatic carbocycles. The quantitative estimate of drug-likeness (QED) is 0.410. The van der Waals surface area contributed by atoms with E-state index in [9.17, 15) is 21.6 Å². The van der Waals surface area contributed by atoms with Gasteiger partial charge in [-0.05, 0) is 0 Å². The van der Waals surface area contributed by atoms with Gasteiger partial charge >= 0.3 is 6.18 Å². The first-order valence-corrected chi connectivity index (χ1v) is 4.60. The number of hydrogen-bond acceptors (Lipinski definition) is 4. The molecular formula is C5H4F3NNaO3S. The predicted molar refractivity (Wildman–Crippen MR) is 41.9 cm³/mol. The summed E-state index contributed by atoms with van der Waals surface area (Å²) in [6.07, 6.45) is -4.83. The van der Waals surface area contributed by atoms with Crippen molar-refractivity contribution in [2.45, 2.75) is 6.18 Å². The molecule has 75 valence electrons. The van der Waals surface area contributed by atoms with Gasteiger partial charge in [0.1, 0.15) is 6.07 Å². The van der Waals surface area contributed by atoms with Crippen LogP contribution in [0, 0.1) is 11.3 Å². The standard InChI is InChI=1S/C5H4F3NO3S.Na/c1-13(11,12)3(2-9)4(10)5(6,7)8;/h10H,1H3;. The van der Waals surface area contributed by atoms with E-state index < -0.39 is 26.7 Å². The smallest absolute Gasteiger partial charge is 0.450 e. The summed E-state index contributed by atoms with van der Waals surface area (Å²) in [4.78, 5) is -1.68. The molecule has 4 nitrogen and oxygen atoms in total. The summed E-state index contributed by atoms with van der Waals surface area (Å²) < 4.78 is 56.1. The molecule has 0 rings (SSSR count). The van der Waals surface area contributed by atoms with Gasteiger partial charge < -0.3 is 5.11 Å². The molecule has 0 aromatic heterocycles. The van der Waals surface area contributed by atoms with Crippen molar-refractivity contribution >= 4 is 39.4 Å². The zero-order valence-corrected chi connectivity index (χ0v) is 10.1. The molecule has 0 spiro atoms. The number of rotatable bonds is 1. The third-order valence-electron chi connectivity index (χ3n) is 0.956. The van der Waals surface area contributed by atoms with Crippen LogP contribution < -0.4 is 0 Å². The van der Waals surface area contributed by atoms with E-state index in [0.29, 0.717) is 6.26 Å². The summed E-state index contributed by atoms with van der Waals surface area (Å²) in [5, 5.41) is 16.4. The molecule has 0 amide bonds. The van der Waals surface area contributed by atoms with Crippen LogP contribution in [0.5, 0.6) is 0 Å². The molecule has 0 atom stereocenters. The normalized spacial score (nSPS) is 13.6. The van der Waals surface area contributed by atoms with Crippen LogP contribution in [0.2, 0.25) is 0 Å². The second-order valence-corrected chi connectivity index (χ2v) is 4.01. The van der Waals surface area contributed by atoms with Gasteiger partial charge in [0.25, 0.3) is 0 Å². The van der Waals surface area contributed by atoms with Gasteiger partial charge in [-0.3, -0.25) is 0 Å². The van der Waals surface area contributed by atoms with Gasteiger partial charge in [-0.2, -0.15) is 18.4 Å². The first-order chi connectivity index (χ1) is 5.60. The molecule has 9 heteroatoms. The maximum atomic E-state index is 11.7. The van der Waals surface area contributed by atoms with E-state index in [1.54, 1.807) is 0 Å². The van der Waals surface area contributed by atoms with E-state index in [4.69, 9.17) is 10.4 Å². The number of nitriles is 1. The topological polar surface area (TPSA) is 78.2 Å². The van der Waals surface area contributed by atoms with E-state index in [1.807, 2.05) is 0 Å². The molecule has 1 N–H and O–H groups in total. The predicted octanol–water partition coefficient (Wildman–Crippen LogP) is 0.506. The Kier molecular flexibility index (Phi) is 5.81. The van der Waals surface area contributed by atoms with Gasteiger partial charge in [0.2, 0.25) is 5.76 Å². The van der Waals surface area contributed by atoms with Crippen LogP contribution in [0.1, 0.15) is 0 Å². The summed E-state index contributed by atoms with van der Waals surface area (Å²) >= 11 is 0. The van der Waals surface area contributed by atoms with Crippen LogP contribution in [-0.4, -0.2) is 55.5 Å². The van der Waals surface area contributed by atoms with Gasteiger partial charge in [-0.15, -0.1) is 0 Å². The number of halogens is 3. The van der Waals surface area contributed by atoms with Crippen LogP contribution in [0.3, 0.4) is 0 Å². The number of allylic oxidation sites excluding steroid dienone is 2. The Morgan fingerprint density at radius 2 is 1.79 bits per heavy atom. The average Bonchev–Trinajstić information content (AvgIpc) is 1.83. The first-order valence-electron chi connectivity index (χ1n) is 2.71. The third kappa shape index (κ3) is 4.32. The van der Waals surface area contributed by atoms with Gasteiger partial charge in [0, 0.05) is 35.8 Å². The zero-order chi connectivity index (χ0) is 10.9. The number of aliphatic hydroxyl groups excluding tert-OH is 1. The third-order valence-corrected chi connectivity index (χ3v) is 1.98. The number of nitrogens with zero attached hydrogens (tertiary/aromatic N) is 1. The van der Waals surface area contributed by atoms with Gasteiger partial charge in [0.15, 0.2) is 14.7 Å². The Balaban J connectivity index is 0. The minimum atomic E-state index is -5.23. The molecule has 0 aliphatic heterocycles. The molecule has 0 fully saturated rings. The van der Waals surface area contributed by atoms with Crippen molar-refractivity contribution in [3.8, 4) is 6.07 Å². The molecule has 0 saturated carbocycles. The average molecular weight is 238 g/mol. The van der Waals surface area contributed by atoms with E-state index >= 15 is 0 Å². The second-order valence-electron chi connectivity index (χ2n) is 2.06. The minimum absolute atomic E-state index is 0. The summed E-state index contributed by atoms with van der Waals surface area (Å²) in [6, 6.07) is 0.770. The molecule has 0 saturated heterocycles. The van der Waals surface area contributed by atoms with E-state index in [0.717, 1.165) is 6.07 Å². The molecule has 0 heterocycles. The number of aliphatic hydroxyl groups is 1. The number of hydrogen-bond donors (Lipinski definition) is 1. The summed E-state index contributed by atoms with van der Waals surface area (Å²) in [5.74, 6) is -2.39. The Labute approximate surface area is 100 Å². The Morgan fingerprint density at radius 1 is 1.43 bits per heavy atom. The van der Waals surface area contributed by atoms with Crippen LogP contribution >= 0.6 is 0 Å². The van der Waals surface area contributed by atoms with E-state index in [2.05, 4.69) is 0 Å². The number of sulfone groups is 1. The van der Waals surface area contributed by atoms with Crippen LogP contribution in [-0.2, 0) is 9.84 Å². The molecule has 0 aromatic rings. The van der Waals surface area contributed by atoms with E-state index in [1.165, 1.54) is 0 Å². The van der Waals surface area contributed by atoms with Crippen molar-refractivity contribution < 1.29 is 26.7 Å². The molecule has 0 aliphatic rings. The van der Waals surface area contributed by atoms with Crippen molar-refractivity contribution in [2.75, 3.05) is 6.26 Å². The molecular weight excluding hydrogens is 234 g/mol. The van der Waals surface area contributed by atoms with Gasteiger partial charge in [0.05, 0.1) is 0 Å². The monoisotopic (exact) mass is 238 g/mol. The molecule has 0 unspecified atom stereocenters. The van der Waals surface area contributed by atoms with Crippen molar-refractivity contribution in [3.05, 3.63) is 10.7 Å². The van der Waals surface area contributed by atoms with E-state index in [-0.39, 0.29) is 29.6 Å². The Morgan fingerprint density at radius 3 is 1.86 bits per heavy atom. The van der Waals surface area contributed by atoms with Crippen LogP contribution in [0.25, 0.3) is 0 Å². The van der Waals surface area contributed by atoms with Crippen molar-refractivity contribution in [1.82, 2.24) is 0 Å². The van der Waals surface area contributed by atoms with Gasteiger partial charge in [-0.1, -0.05) is 0 Å². The van der Waals surface area contributed by atoms with Crippen molar-refractivity contribution in [2.24, 2.45) is 0 Å². The SMILES string of the molecule is CS(=O)(=O)C(C#N)=C(O)C(F)(F)F.[Na]. The Hall–Kier alpha value is -0.230. The minimum Gasteiger partial charge on any atom is -0.503 e. The summed E-state index contributed by atoms with van der Waals surface area (Å²) in [7, 11) is -4.35. The summed E-state index contributed by atoms with van der Waals surface area (Å²) in [6.45, 7) is 0. The molecule has 1 radical (unpaired) electrons. The first kappa shape index (κ1) is 16.2. The van der Waals surface area contributed by atoms with Crippen molar-refractivity contribution in [3.63, 3.8) is 0 Å². The fourth-order valence-electron chi connectivity index (χ4n) is 0.440. The summed E-state index contributed by atoms with van der Waals surface area (Å²) in [5.41, 5.74) is 0. The largest absolute Gasteiger partial charge is 0.503 e. The molecule has 14 heavy (non-hydrogen) atoms. The Bertz CT molecular complexity index is 378. The van der Waals surface area contributed by atoms with Crippen LogP contribution in [0.15, 0.2) is 10.7 Å². The second kappa shape index (κ2) is 5.02. The fraction of sp³-hybridized carbons (Fsp3) is 0.400. The van der Waals surface area contributed by atoms with Crippen LogP contribution in [0.4, 0.5) is 13.2 Å². The van der Waals surface area contributed by atoms with Crippen molar-refractivity contribution in [1.29, 1.82) is 5.26 Å². The molecule has 0 bridgehead atoms. The fourth-order valence-corrected chi connectivity index (χ4v) is 1.07. The maximum absolute atomic E-state index is 11.7. The number of alkyl halides is 3.